The third-order valence-corrected chi connectivity index (χ3v) is 4.91. The van der Waals surface area contributed by atoms with Crippen LogP contribution in [0.4, 0.5) is 5.69 Å². The van der Waals surface area contributed by atoms with E-state index in [0.29, 0.717) is 26.3 Å². The number of nitrogens with zero attached hydrogens (tertiary/aromatic N) is 1. The molecule has 0 aliphatic carbocycles. The van der Waals surface area contributed by atoms with E-state index in [-0.39, 0.29) is 18.9 Å². The second-order valence-electron chi connectivity index (χ2n) is 5.95. The lowest BCUT2D eigenvalue weighted by atomic mass is 10.1. The lowest BCUT2D eigenvalue weighted by Crippen LogP contribution is -2.45. The van der Waals surface area contributed by atoms with Crippen LogP contribution in [-0.4, -0.2) is 24.3 Å². The zero-order valence-corrected chi connectivity index (χ0v) is 16.1. The fourth-order valence-corrected chi connectivity index (χ4v) is 3.21. The van der Waals surface area contributed by atoms with Gasteiger partial charge in [-0.25, -0.2) is 0 Å². The number of hydrazine groups is 1. The van der Waals surface area contributed by atoms with E-state index in [2.05, 4.69) is 10.9 Å². The van der Waals surface area contributed by atoms with Crippen LogP contribution in [0.3, 0.4) is 0 Å². The third-order valence-electron chi connectivity index (χ3n) is 4.10. The molecule has 3 amide bonds. The Morgan fingerprint density at radius 2 is 1.63 bits per heavy atom. The van der Waals surface area contributed by atoms with Crippen molar-refractivity contribution in [2.75, 3.05) is 11.4 Å². The van der Waals surface area contributed by atoms with Crippen molar-refractivity contribution in [2.45, 2.75) is 6.42 Å². The summed E-state index contributed by atoms with van der Waals surface area (Å²) in [5.41, 5.74) is 5.47. The van der Waals surface area contributed by atoms with E-state index in [0.717, 1.165) is 0 Å². The molecule has 1 atom stereocenters. The smallest absolute Gasteiger partial charge is 0.269 e. The molecule has 0 unspecified atom stereocenters. The number of benzene rings is 2. The first kappa shape index (κ1) is 19.5. The number of halogens is 3. The molecule has 9 heteroatoms. The highest BCUT2D eigenvalue weighted by Gasteiger charge is 2.36. The molecule has 27 heavy (non-hydrogen) atoms. The highest BCUT2D eigenvalue weighted by atomic mass is 35.5. The molecule has 2 aromatic carbocycles. The van der Waals surface area contributed by atoms with Gasteiger partial charge >= 0.3 is 0 Å². The Hall–Kier alpha value is -2.28. The van der Waals surface area contributed by atoms with Crippen LogP contribution >= 0.6 is 34.8 Å². The fraction of sp³-hybridized carbons (Fsp3) is 0.167. The van der Waals surface area contributed by atoms with Crippen LogP contribution in [0.25, 0.3) is 0 Å². The van der Waals surface area contributed by atoms with Crippen LogP contribution < -0.4 is 15.8 Å². The van der Waals surface area contributed by atoms with E-state index in [1.54, 1.807) is 30.3 Å². The van der Waals surface area contributed by atoms with Crippen LogP contribution in [0.15, 0.2) is 42.5 Å². The number of hydrogen-bond donors (Lipinski definition) is 2. The highest BCUT2D eigenvalue weighted by Crippen LogP contribution is 2.33. The first-order chi connectivity index (χ1) is 12.8. The Kier molecular flexibility index (Phi) is 5.89. The fourth-order valence-electron chi connectivity index (χ4n) is 2.70. The molecule has 6 nitrogen and oxygen atoms in total. The maximum Gasteiger partial charge on any atom is 0.269 e. The summed E-state index contributed by atoms with van der Waals surface area (Å²) in [6, 6.07) is 11.0. The molecule has 0 bridgehead atoms. The summed E-state index contributed by atoms with van der Waals surface area (Å²) in [6.07, 6.45) is 0.00545. The Bertz CT molecular complexity index is 902. The molecule has 0 saturated carbocycles. The molecule has 1 heterocycles. The Morgan fingerprint density at radius 1 is 0.963 bits per heavy atom. The first-order valence-electron chi connectivity index (χ1n) is 7.96. The van der Waals surface area contributed by atoms with Crippen LogP contribution in [0, 0.1) is 5.92 Å². The van der Waals surface area contributed by atoms with Gasteiger partial charge in [0, 0.05) is 28.6 Å². The van der Waals surface area contributed by atoms with Crippen molar-refractivity contribution < 1.29 is 14.4 Å². The van der Waals surface area contributed by atoms with Crippen molar-refractivity contribution in [3.05, 3.63) is 63.1 Å². The second kappa shape index (κ2) is 8.17. The Balaban J connectivity index is 1.61. The van der Waals surface area contributed by atoms with E-state index in [4.69, 9.17) is 34.8 Å². The SMILES string of the molecule is O=C(NNC(=O)[C@@H]1CC(=O)N(c2cc(Cl)ccc2Cl)C1)c1ccc(Cl)cc1. The minimum absolute atomic E-state index is 0.00545. The van der Waals surface area contributed by atoms with Crippen LogP contribution in [0.1, 0.15) is 16.8 Å². The normalized spacial score (nSPS) is 16.3. The van der Waals surface area contributed by atoms with Crippen molar-refractivity contribution >= 4 is 58.2 Å². The van der Waals surface area contributed by atoms with Gasteiger partial charge in [-0.3, -0.25) is 25.2 Å². The standard InChI is InChI=1S/C18H14Cl3N3O3/c19-12-3-1-10(2-4-12)17(26)22-23-18(27)11-7-16(25)24(9-11)15-8-13(20)5-6-14(15)21/h1-6,8,11H,7,9H2,(H,22,26)(H,23,27)/t11-/m1/s1. The molecule has 0 spiro atoms. The lowest BCUT2D eigenvalue weighted by molar-refractivity contribution is -0.126. The highest BCUT2D eigenvalue weighted by molar-refractivity contribution is 6.36. The lowest BCUT2D eigenvalue weighted by Gasteiger charge is -2.18. The van der Waals surface area contributed by atoms with Crippen molar-refractivity contribution in [3.63, 3.8) is 0 Å². The summed E-state index contributed by atoms with van der Waals surface area (Å²) in [5, 5.41) is 1.30. The average molecular weight is 427 g/mol. The van der Waals surface area contributed by atoms with Gasteiger partial charge < -0.3 is 4.90 Å². The van der Waals surface area contributed by atoms with Crippen molar-refractivity contribution in [2.24, 2.45) is 5.92 Å². The third kappa shape index (κ3) is 4.53. The van der Waals surface area contributed by atoms with Crippen molar-refractivity contribution in [1.29, 1.82) is 0 Å². The van der Waals surface area contributed by atoms with E-state index < -0.39 is 17.7 Å². The first-order valence-corrected chi connectivity index (χ1v) is 9.09. The van der Waals surface area contributed by atoms with Gasteiger partial charge in [0.15, 0.2) is 0 Å². The number of anilines is 1. The molecular weight excluding hydrogens is 413 g/mol. The summed E-state index contributed by atoms with van der Waals surface area (Å²) in [5.74, 6) is -1.83. The average Bonchev–Trinajstić information content (AvgIpc) is 3.03. The molecule has 1 saturated heterocycles. The largest absolute Gasteiger partial charge is 0.310 e. The maximum atomic E-state index is 12.3. The van der Waals surface area contributed by atoms with E-state index >= 15 is 0 Å². The quantitative estimate of drug-likeness (QED) is 0.738. The topological polar surface area (TPSA) is 78.5 Å². The van der Waals surface area contributed by atoms with E-state index in [1.165, 1.54) is 17.0 Å². The van der Waals surface area contributed by atoms with Gasteiger partial charge in [0.05, 0.1) is 16.6 Å². The monoisotopic (exact) mass is 425 g/mol. The summed E-state index contributed by atoms with van der Waals surface area (Å²) >= 11 is 17.9. The molecule has 2 N–H and O–H groups in total. The van der Waals surface area contributed by atoms with Gasteiger partial charge in [-0.1, -0.05) is 34.8 Å². The molecule has 1 aliphatic heterocycles. The molecule has 3 rings (SSSR count). The van der Waals surface area contributed by atoms with E-state index in [1.807, 2.05) is 0 Å². The molecule has 2 aromatic rings. The molecule has 1 fully saturated rings. The molecule has 140 valence electrons. The molecule has 0 radical (unpaired) electrons. The van der Waals surface area contributed by atoms with E-state index in [9.17, 15) is 14.4 Å². The summed E-state index contributed by atoms with van der Waals surface area (Å²) in [7, 11) is 0. The number of rotatable bonds is 3. The van der Waals surface area contributed by atoms with Crippen LogP contribution in [0.2, 0.25) is 15.1 Å². The van der Waals surface area contributed by atoms with Crippen LogP contribution in [0.5, 0.6) is 0 Å². The summed E-state index contributed by atoms with van der Waals surface area (Å²) < 4.78 is 0. The second-order valence-corrected chi connectivity index (χ2v) is 7.23. The van der Waals surface area contributed by atoms with Gasteiger partial charge in [-0.05, 0) is 42.5 Å². The van der Waals surface area contributed by atoms with Gasteiger partial charge in [0.25, 0.3) is 5.91 Å². The number of carbonyl (C=O) groups is 3. The summed E-state index contributed by atoms with van der Waals surface area (Å²) in [6.45, 7) is 0.140. The van der Waals surface area contributed by atoms with Gasteiger partial charge in [0.1, 0.15) is 0 Å². The maximum absolute atomic E-state index is 12.3. The minimum atomic E-state index is -0.627. The van der Waals surface area contributed by atoms with Gasteiger partial charge in [0.2, 0.25) is 11.8 Å². The Morgan fingerprint density at radius 3 is 2.33 bits per heavy atom. The zero-order valence-electron chi connectivity index (χ0n) is 13.8. The predicted molar refractivity (Wildman–Crippen MR) is 104 cm³/mol. The number of hydrogen-bond acceptors (Lipinski definition) is 3. The number of amides is 3. The minimum Gasteiger partial charge on any atom is -0.310 e. The number of nitrogens with one attached hydrogen (secondary N) is 2. The zero-order chi connectivity index (χ0) is 19.6. The van der Waals surface area contributed by atoms with Crippen LogP contribution in [-0.2, 0) is 9.59 Å². The molecular formula is C18H14Cl3N3O3. The molecule has 1 aliphatic rings. The van der Waals surface area contributed by atoms with Gasteiger partial charge in [-0.15, -0.1) is 0 Å². The molecule has 0 aromatic heterocycles. The predicted octanol–water partition coefficient (Wildman–Crippen LogP) is 3.46. The summed E-state index contributed by atoms with van der Waals surface area (Å²) in [4.78, 5) is 38.1. The van der Waals surface area contributed by atoms with Crippen molar-refractivity contribution in [3.8, 4) is 0 Å². The number of carbonyl (C=O) groups excluding carboxylic acids is 3. The van der Waals surface area contributed by atoms with Crippen molar-refractivity contribution in [1.82, 2.24) is 10.9 Å². The van der Waals surface area contributed by atoms with Gasteiger partial charge in [-0.2, -0.15) is 0 Å². The Labute approximate surface area is 170 Å².